The molecule has 1 rings (SSSR count). The monoisotopic (exact) mass is 251 g/mol. The van der Waals surface area contributed by atoms with Crippen molar-refractivity contribution in [2.45, 2.75) is 25.8 Å². The Labute approximate surface area is 107 Å². The van der Waals surface area contributed by atoms with Gasteiger partial charge in [0.05, 0.1) is 12.2 Å². The maximum atomic E-state index is 11.2. The summed E-state index contributed by atoms with van der Waals surface area (Å²) in [6.07, 6.45) is 2.04. The van der Waals surface area contributed by atoms with E-state index in [-0.39, 0.29) is 6.04 Å². The number of methoxy groups -OCH3 is 1. The van der Waals surface area contributed by atoms with E-state index >= 15 is 0 Å². The van der Waals surface area contributed by atoms with Crippen LogP contribution < -0.4 is 16.8 Å². The normalized spacial score (nSPS) is 12.1. The van der Waals surface area contributed by atoms with Crippen LogP contribution in [0.3, 0.4) is 0 Å². The zero-order valence-electron chi connectivity index (χ0n) is 10.9. The molecule has 18 heavy (non-hydrogen) atoms. The third-order valence-corrected chi connectivity index (χ3v) is 2.69. The summed E-state index contributed by atoms with van der Waals surface area (Å²) in [7, 11) is 1.67. The van der Waals surface area contributed by atoms with Gasteiger partial charge in [-0.1, -0.05) is 13.3 Å². The lowest BCUT2D eigenvalue weighted by atomic mass is 10.1. The van der Waals surface area contributed by atoms with Gasteiger partial charge in [-0.05, 0) is 24.6 Å². The van der Waals surface area contributed by atoms with Crippen LogP contribution in [0.2, 0.25) is 0 Å². The highest BCUT2D eigenvalue weighted by Crippen LogP contribution is 2.19. The molecule has 0 bridgehead atoms. The quantitative estimate of drug-likeness (QED) is 0.642. The Balaban J connectivity index is 2.82. The molecule has 0 fully saturated rings. The van der Waals surface area contributed by atoms with Crippen molar-refractivity contribution in [3.05, 3.63) is 23.8 Å². The van der Waals surface area contributed by atoms with E-state index in [1.54, 1.807) is 19.2 Å². The fraction of sp³-hybridized carbons (Fsp3) is 0.462. The summed E-state index contributed by atoms with van der Waals surface area (Å²) < 4.78 is 5.15. The van der Waals surface area contributed by atoms with Crippen LogP contribution in [0.25, 0.3) is 0 Å². The minimum absolute atomic E-state index is 0.212. The Kier molecular flexibility index (Phi) is 5.45. The molecule has 0 heterocycles. The molecule has 1 aromatic rings. The highest BCUT2D eigenvalue weighted by Gasteiger charge is 2.10. The Bertz CT molecular complexity index is 401. The summed E-state index contributed by atoms with van der Waals surface area (Å²) in [5.41, 5.74) is 12.5. The standard InChI is InChI=1S/C13H21N3O2/c1-3-4-10(8-18-2)16-9-5-6-12(14)11(7-9)13(15)17/h5-7,10,16H,3-4,8,14H2,1-2H3,(H2,15,17). The second-order valence-corrected chi connectivity index (χ2v) is 4.25. The zero-order valence-corrected chi connectivity index (χ0v) is 10.9. The van der Waals surface area contributed by atoms with Crippen molar-refractivity contribution in [2.75, 3.05) is 24.8 Å². The number of primary amides is 1. The van der Waals surface area contributed by atoms with Gasteiger partial charge in [-0.3, -0.25) is 4.79 Å². The summed E-state index contributed by atoms with van der Waals surface area (Å²) in [5, 5.41) is 3.32. The topological polar surface area (TPSA) is 90.4 Å². The maximum absolute atomic E-state index is 11.2. The van der Waals surface area contributed by atoms with Gasteiger partial charge in [-0.25, -0.2) is 0 Å². The Morgan fingerprint density at radius 2 is 2.22 bits per heavy atom. The van der Waals surface area contributed by atoms with Crippen LogP contribution in [0.4, 0.5) is 11.4 Å². The largest absolute Gasteiger partial charge is 0.398 e. The maximum Gasteiger partial charge on any atom is 0.250 e. The molecule has 0 aliphatic rings. The summed E-state index contributed by atoms with van der Waals surface area (Å²) in [6, 6.07) is 5.40. The van der Waals surface area contributed by atoms with E-state index in [4.69, 9.17) is 16.2 Å². The second kappa shape index (κ2) is 6.86. The number of nitrogens with two attached hydrogens (primary N) is 2. The Morgan fingerprint density at radius 1 is 1.50 bits per heavy atom. The molecule has 5 heteroatoms. The van der Waals surface area contributed by atoms with Crippen LogP contribution in [0, 0.1) is 0 Å². The van der Waals surface area contributed by atoms with Crippen molar-refractivity contribution >= 4 is 17.3 Å². The molecule has 0 aliphatic heterocycles. The van der Waals surface area contributed by atoms with Crippen molar-refractivity contribution in [1.82, 2.24) is 0 Å². The molecule has 5 nitrogen and oxygen atoms in total. The molecule has 0 aromatic heterocycles. The molecule has 0 saturated heterocycles. The Morgan fingerprint density at radius 3 is 2.78 bits per heavy atom. The number of hydrogen-bond acceptors (Lipinski definition) is 4. The van der Waals surface area contributed by atoms with Gasteiger partial charge in [0, 0.05) is 24.5 Å². The lowest BCUT2D eigenvalue weighted by molar-refractivity contribution is 0.100. The first-order valence-electron chi connectivity index (χ1n) is 6.03. The van der Waals surface area contributed by atoms with Crippen molar-refractivity contribution in [3.8, 4) is 0 Å². The molecule has 1 amide bonds. The van der Waals surface area contributed by atoms with Crippen molar-refractivity contribution in [3.63, 3.8) is 0 Å². The van der Waals surface area contributed by atoms with Gasteiger partial charge in [-0.2, -0.15) is 0 Å². The van der Waals surface area contributed by atoms with Gasteiger partial charge in [0.15, 0.2) is 0 Å². The molecule has 5 N–H and O–H groups in total. The van der Waals surface area contributed by atoms with Gasteiger partial charge in [-0.15, -0.1) is 0 Å². The Hall–Kier alpha value is -1.75. The van der Waals surface area contributed by atoms with E-state index in [2.05, 4.69) is 12.2 Å². The van der Waals surface area contributed by atoms with Crippen LogP contribution in [0.5, 0.6) is 0 Å². The van der Waals surface area contributed by atoms with Gasteiger partial charge in [0.1, 0.15) is 0 Å². The van der Waals surface area contributed by atoms with E-state index in [0.29, 0.717) is 17.9 Å². The van der Waals surface area contributed by atoms with E-state index in [0.717, 1.165) is 18.5 Å². The SMILES string of the molecule is CCCC(COC)Nc1ccc(N)c(C(N)=O)c1. The zero-order chi connectivity index (χ0) is 13.5. The van der Waals surface area contributed by atoms with Crippen LogP contribution >= 0.6 is 0 Å². The summed E-state index contributed by atoms with van der Waals surface area (Å²) in [6.45, 7) is 2.73. The smallest absolute Gasteiger partial charge is 0.250 e. The third kappa shape index (κ3) is 3.92. The average Bonchev–Trinajstić information content (AvgIpc) is 2.32. The molecule has 1 aromatic carbocycles. The number of carbonyl (C=O) groups excluding carboxylic acids is 1. The van der Waals surface area contributed by atoms with Crippen LogP contribution in [0.15, 0.2) is 18.2 Å². The van der Waals surface area contributed by atoms with E-state index < -0.39 is 5.91 Å². The number of anilines is 2. The van der Waals surface area contributed by atoms with E-state index in [1.807, 2.05) is 6.07 Å². The van der Waals surface area contributed by atoms with Gasteiger partial charge < -0.3 is 21.5 Å². The molecule has 1 unspecified atom stereocenters. The predicted octanol–water partition coefficient (Wildman–Crippen LogP) is 1.59. The molecule has 0 spiro atoms. The molecule has 0 aliphatic carbocycles. The third-order valence-electron chi connectivity index (χ3n) is 2.69. The molecule has 0 saturated carbocycles. The van der Waals surface area contributed by atoms with Crippen molar-refractivity contribution in [2.24, 2.45) is 5.73 Å². The molecular weight excluding hydrogens is 230 g/mol. The van der Waals surface area contributed by atoms with E-state index in [9.17, 15) is 4.79 Å². The van der Waals surface area contributed by atoms with Crippen LogP contribution in [-0.2, 0) is 4.74 Å². The lowest BCUT2D eigenvalue weighted by Gasteiger charge is -2.19. The van der Waals surface area contributed by atoms with Gasteiger partial charge >= 0.3 is 0 Å². The van der Waals surface area contributed by atoms with Gasteiger partial charge in [0.2, 0.25) is 0 Å². The van der Waals surface area contributed by atoms with Gasteiger partial charge in [0.25, 0.3) is 5.91 Å². The van der Waals surface area contributed by atoms with Crippen LogP contribution in [0.1, 0.15) is 30.1 Å². The number of nitrogens with one attached hydrogen (secondary N) is 1. The number of ether oxygens (including phenoxy) is 1. The molecule has 1 atom stereocenters. The van der Waals surface area contributed by atoms with Crippen LogP contribution in [-0.4, -0.2) is 25.7 Å². The highest BCUT2D eigenvalue weighted by molar-refractivity contribution is 5.98. The number of nitrogen functional groups attached to an aromatic ring is 1. The lowest BCUT2D eigenvalue weighted by Crippen LogP contribution is -2.25. The van der Waals surface area contributed by atoms with Crippen molar-refractivity contribution in [1.29, 1.82) is 0 Å². The van der Waals surface area contributed by atoms with Crippen molar-refractivity contribution < 1.29 is 9.53 Å². The number of amides is 1. The first kappa shape index (κ1) is 14.3. The summed E-state index contributed by atoms with van der Waals surface area (Å²) in [4.78, 5) is 11.2. The summed E-state index contributed by atoms with van der Waals surface area (Å²) in [5.74, 6) is -0.519. The summed E-state index contributed by atoms with van der Waals surface area (Å²) >= 11 is 0. The minimum Gasteiger partial charge on any atom is -0.398 e. The fourth-order valence-electron chi connectivity index (χ4n) is 1.84. The number of rotatable bonds is 7. The number of benzene rings is 1. The first-order valence-corrected chi connectivity index (χ1v) is 6.03. The predicted molar refractivity (Wildman–Crippen MR) is 73.6 cm³/mol. The number of hydrogen-bond donors (Lipinski definition) is 3. The number of carbonyl (C=O) groups is 1. The fourth-order valence-corrected chi connectivity index (χ4v) is 1.84. The highest BCUT2D eigenvalue weighted by atomic mass is 16.5. The average molecular weight is 251 g/mol. The second-order valence-electron chi connectivity index (χ2n) is 4.25. The van der Waals surface area contributed by atoms with E-state index in [1.165, 1.54) is 0 Å². The first-order chi connectivity index (χ1) is 8.58. The minimum atomic E-state index is -0.519. The molecule has 100 valence electrons. The molecule has 0 radical (unpaired) electrons. The molecular formula is C13H21N3O2.